The van der Waals surface area contributed by atoms with Gasteiger partial charge in [-0.15, -0.1) is 5.10 Å². The van der Waals surface area contributed by atoms with Crippen molar-refractivity contribution in [3.05, 3.63) is 41.0 Å². The van der Waals surface area contributed by atoms with Gasteiger partial charge in [-0.1, -0.05) is 18.6 Å². The van der Waals surface area contributed by atoms with Crippen LogP contribution in [0, 0.1) is 12.7 Å². The van der Waals surface area contributed by atoms with Gasteiger partial charge in [0.15, 0.2) is 5.69 Å². The monoisotopic (exact) mass is 263 g/mol. The second kappa shape index (κ2) is 5.17. The molecule has 0 atom stereocenters. The highest BCUT2D eigenvalue weighted by Gasteiger charge is 2.19. The first-order chi connectivity index (χ1) is 9.04. The molecule has 2 aromatic rings. The van der Waals surface area contributed by atoms with Gasteiger partial charge < -0.3 is 5.11 Å². The fourth-order valence-corrected chi connectivity index (χ4v) is 1.98. The second-order valence-corrected chi connectivity index (χ2v) is 4.28. The second-order valence-electron chi connectivity index (χ2n) is 4.28. The van der Waals surface area contributed by atoms with Gasteiger partial charge in [-0.3, -0.25) is 0 Å². The SMILES string of the molecule is CCCc1c(C(=O)O)nnn1-c1ccc(F)cc1C. The number of benzene rings is 1. The lowest BCUT2D eigenvalue weighted by Crippen LogP contribution is -2.08. The van der Waals surface area contributed by atoms with Crippen LogP contribution < -0.4 is 0 Å². The number of carboxylic acids is 1. The van der Waals surface area contributed by atoms with Crippen molar-refractivity contribution in [2.24, 2.45) is 0 Å². The molecule has 0 saturated heterocycles. The number of aromatic nitrogens is 3. The zero-order valence-corrected chi connectivity index (χ0v) is 10.7. The Balaban J connectivity index is 2.58. The highest BCUT2D eigenvalue weighted by Crippen LogP contribution is 2.19. The van der Waals surface area contributed by atoms with Crippen LogP contribution >= 0.6 is 0 Å². The van der Waals surface area contributed by atoms with E-state index in [1.807, 2.05) is 6.92 Å². The van der Waals surface area contributed by atoms with E-state index in [1.165, 1.54) is 16.8 Å². The third kappa shape index (κ3) is 2.47. The summed E-state index contributed by atoms with van der Waals surface area (Å²) < 4.78 is 14.6. The molecule has 0 fully saturated rings. The van der Waals surface area contributed by atoms with Gasteiger partial charge >= 0.3 is 5.97 Å². The van der Waals surface area contributed by atoms with E-state index >= 15 is 0 Å². The summed E-state index contributed by atoms with van der Waals surface area (Å²) >= 11 is 0. The summed E-state index contributed by atoms with van der Waals surface area (Å²) in [6.07, 6.45) is 1.32. The predicted molar refractivity (Wildman–Crippen MR) is 67.0 cm³/mol. The van der Waals surface area contributed by atoms with Crippen molar-refractivity contribution < 1.29 is 14.3 Å². The Morgan fingerprint density at radius 1 is 1.47 bits per heavy atom. The molecule has 0 spiro atoms. The minimum atomic E-state index is -1.10. The summed E-state index contributed by atoms with van der Waals surface area (Å²) in [5.41, 5.74) is 1.80. The van der Waals surface area contributed by atoms with Gasteiger partial charge in [-0.2, -0.15) is 0 Å². The van der Waals surface area contributed by atoms with Crippen LogP contribution in [0.1, 0.15) is 35.1 Å². The Morgan fingerprint density at radius 3 is 2.79 bits per heavy atom. The number of hydrogen-bond donors (Lipinski definition) is 1. The molecule has 0 amide bonds. The number of halogens is 1. The quantitative estimate of drug-likeness (QED) is 0.919. The van der Waals surface area contributed by atoms with Gasteiger partial charge in [-0.25, -0.2) is 13.9 Å². The largest absolute Gasteiger partial charge is 0.476 e. The van der Waals surface area contributed by atoms with Crippen LogP contribution in [0.15, 0.2) is 18.2 Å². The van der Waals surface area contributed by atoms with Gasteiger partial charge in [0.05, 0.1) is 11.4 Å². The van der Waals surface area contributed by atoms with Crippen LogP contribution in [0.25, 0.3) is 5.69 Å². The molecule has 100 valence electrons. The minimum Gasteiger partial charge on any atom is -0.476 e. The van der Waals surface area contributed by atoms with Crippen molar-refractivity contribution >= 4 is 5.97 Å². The average Bonchev–Trinajstić information content (AvgIpc) is 2.73. The van der Waals surface area contributed by atoms with Crippen molar-refractivity contribution in [2.75, 3.05) is 0 Å². The fraction of sp³-hybridized carbons (Fsp3) is 0.308. The zero-order valence-electron chi connectivity index (χ0n) is 10.7. The van der Waals surface area contributed by atoms with E-state index in [0.29, 0.717) is 23.4 Å². The summed E-state index contributed by atoms with van der Waals surface area (Å²) in [5.74, 6) is -1.44. The molecule has 2 rings (SSSR count). The molecule has 0 unspecified atom stereocenters. The van der Waals surface area contributed by atoms with E-state index in [2.05, 4.69) is 10.3 Å². The number of carboxylic acid groups (broad SMARTS) is 1. The molecule has 0 radical (unpaired) electrons. The summed E-state index contributed by atoms with van der Waals surface area (Å²) in [6.45, 7) is 3.69. The van der Waals surface area contributed by atoms with E-state index < -0.39 is 5.97 Å². The first-order valence-corrected chi connectivity index (χ1v) is 5.99. The number of carbonyl (C=O) groups is 1. The molecule has 1 aromatic heterocycles. The normalized spacial score (nSPS) is 10.7. The molecule has 0 aliphatic carbocycles. The lowest BCUT2D eigenvalue weighted by molar-refractivity contribution is 0.0689. The molecule has 6 heteroatoms. The van der Waals surface area contributed by atoms with Crippen LogP contribution in [0.2, 0.25) is 0 Å². The minimum absolute atomic E-state index is 0.0504. The molecule has 0 bridgehead atoms. The van der Waals surface area contributed by atoms with E-state index in [-0.39, 0.29) is 11.5 Å². The van der Waals surface area contributed by atoms with Crippen LogP contribution in [0.4, 0.5) is 4.39 Å². The molecule has 5 nitrogen and oxygen atoms in total. The molecule has 1 aromatic carbocycles. The first-order valence-electron chi connectivity index (χ1n) is 5.99. The molecule has 0 aliphatic heterocycles. The number of aromatic carboxylic acids is 1. The Hall–Kier alpha value is -2.24. The zero-order chi connectivity index (χ0) is 14.0. The van der Waals surface area contributed by atoms with Crippen LogP contribution in [-0.2, 0) is 6.42 Å². The number of hydrogen-bond acceptors (Lipinski definition) is 3. The first kappa shape index (κ1) is 13.2. The summed E-state index contributed by atoms with van der Waals surface area (Å²) in [6, 6.07) is 4.28. The molecule has 1 N–H and O–H groups in total. The molecule has 19 heavy (non-hydrogen) atoms. The molecular weight excluding hydrogens is 249 g/mol. The van der Waals surface area contributed by atoms with Crippen molar-refractivity contribution in [2.45, 2.75) is 26.7 Å². The Labute approximate surface area is 109 Å². The maximum absolute atomic E-state index is 13.1. The van der Waals surface area contributed by atoms with Gasteiger partial charge in [0.2, 0.25) is 0 Å². The maximum Gasteiger partial charge on any atom is 0.358 e. The maximum atomic E-state index is 13.1. The third-order valence-corrected chi connectivity index (χ3v) is 2.84. The van der Waals surface area contributed by atoms with Crippen LogP contribution in [0.3, 0.4) is 0 Å². The van der Waals surface area contributed by atoms with Gasteiger partial charge in [-0.05, 0) is 37.1 Å². The van der Waals surface area contributed by atoms with Crippen molar-refractivity contribution in [1.29, 1.82) is 0 Å². The van der Waals surface area contributed by atoms with Gasteiger partial charge in [0.1, 0.15) is 5.82 Å². The standard InChI is InChI=1S/C13H14FN3O2/c1-3-4-11-12(13(18)19)15-16-17(11)10-6-5-9(14)7-8(10)2/h5-7H,3-4H2,1-2H3,(H,18,19). The van der Waals surface area contributed by atoms with E-state index in [1.54, 1.807) is 13.0 Å². The Kier molecular flexibility index (Phi) is 3.59. The Morgan fingerprint density at radius 2 is 2.21 bits per heavy atom. The summed E-state index contributed by atoms with van der Waals surface area (Å²) in [7, 11) is 0. The van der Waals surface area contributed by atoms with Crippen molar-refractivity contribution in [3.8, 4) is 5.69 Å². The highest BCUT2D eigenvalue weighted by atomic mass is 19.1. The number of aryl methyl sites for hydroxylation is 1. The lowest BCUT2D eigenvalue weighted by atomic mass is 10.1. The van der Waals surface area contributed by atoms with E-state index in [0.717, 1.165) is 6.42 Å². The smallest absolute Gasteiger partial charge is 0.358 e. The topological polar surface area (TPSA) is 68.0 Å². The number of nitrogens with zero attached hydrogens (tertiary/aromatic N) is 3. The molecule has 0 saturated carbocycles. The summed E-state index contributed by atoms with van der Waals surface area (Å²) in [4.78, 5) is 11.1. The molecular formula is C13H14FN3O2. The van der Waals surface area contributed by atoms with E-state index in [4.69, 9.17) is 5.11 Å². The Bertz CT molecular complexity index is 622. The van der Waals surface area contributed by atoms with Gasteiger partial charge in [0.25, 0.3) is 0 Å². The predicted octanol–water partition coefficient (Wildman–Crippen LogP) is 2.37. The fourth-order valence-electron chi connectivity index (χ4n) is 1.98. The third-order valence-electron chi connectivity index (χ3n) is 2.84. The molecule has 1 heterocycles. The summed E-state index contributed by atoms with van der Waals surface area (Å²) in [5, 5.41) is 16.7. The average molecular weight is 263 g/mol. The van der Waals surface area contributed by atoms with Crippen LogP contribution in [0.5, 0.6) is 0 Å². The highest BCUT2D eigenvalue weighted by molar-refractivity contribution is 5.86. The van der Waals surface area contributed by atoms with Crippen molar-refractivity contribution in [1.82, 2.24) is 15.0 Å². The number of rotatable bonds is 4. The van der Waals surface area contributed by atoms with E-state index in [9.17, 15) is 9.18 Å². The van der Waals surface area contributed by atoms with Gasteiger partial charge in [0, 0.05) is 0 Å². The lowest BCUT2D eigenvalue weighted by Gasteiger charge is -2.09. The van der Waals surface area contributed by atoms with Crippen molar-refractivity contribution in [3.63, 3.8) is 0 Å². The molecule has 0 aliphatic rings. The van der Waals surface area contributed by atoms with Crippen LogP contribution in [-0.4, -0.2) is 26.1 Å².